The molecule has 0 aliphatic carbocycles. The number of hydrazone groups is 1. The number of ether oxygens (including phenoxy) is 1. The van der Waals surface area contributed by atoms with Crippen LogP contribution < -0.4 is 10.3 Å². The van der Waals surface area contributed by atoms with Gasteiger partial charge in [-0.3, -0.25) is 0 Å². The van der Waals surface area contributed by atoms with Crippen molar-refractivity contribution < 1.29 is 19.3 Å². The third kappa shape index (κ3) is 3.69. The van der Waals surface area contributed by atoms with Crippen LogP contribution in [-0.2, 0) is 4.74 Å². The Morgan fingerprint density at radius 1 is 1.29 bits per heavy atom. The van der Waals surface area contributed by atoms with Gasteiger partial charge in [0.2, 0.25) is 5.95 Å². The molecular weight excluding hydrogens is 317 g/mol. The molecule has 8 nitrogen and oxygen atoms in total. The number of phenols is 2. The Morgan fingerprint density at radius 2 is 2.08 bits per heavy atom. The molecule has 0 atom stereocenters. The summed E-state index contributed by atoms with van der Waals surface area (Å²) in [6.07, 6.45) is 2.42. The van der Waals surface area contributed by atoms with E-state index in [9.17, 15) is 14.6 Å². The first-order valence-electron chi connectivity index (χ1n) is 7.30. The van der Waals surface area contributed by atoms with Gasteiger partial charge in [0, 0.05) is 24.7 Å². The highest BCUT2D eigenvalue weighted by Crippen LogP contribution is 2.21. The molecule has 1 aromatic carbocycles. The summed E-state index contributed by atoms with van der Waals surface area (Å²) in [5.74, 6) is -0.349. The Kier molecular flexibility index (Phi) is 4.71. The van der Waals surface area contributed by atoms with Crippen molar-refractivity contribution in [3.05, 3.63) is 35.8 Å². The number of halogens is 1. The number of nitrogens with one attached hydrogen (secondary N) is 1. The molecular formula is C15H16FN5O3. The highest BCUT2D eigenvalue weighted by molar-refractivity contribution is 5.84. The van der Waals surface area contributed by atoms with Crippen molar-refractivity contribution >= 4 is 18.0 Å². The van der Waals surface area contributed by atoms with Gasteiger partial charge < -0.3 is 19.8 Å². The number of aromatic hydroxyl groups is 2. The standard InChI is InChI=1S/C15H16FN5O3/c16-12-9-17-15(19-14(12)21-3-5-24-6-4-21)20-18-8-10-1-2-11(22)7-13(10)23/h1-2,7-9,22-23H,3-6H2,(H,17,19,20). The van der Waals surface area contributed by atoms with Gasteiger partial charge in [0.25, 0.3) is 0 Å². The molecule has 3 N–H and O–H groups in total. The molecule has 1 aliphatic heterocycles. The lowest BCUT2D eigenvalue weighted by molar-refractivity contribution is 0.122. The first-order chi connectivity index (χ1) is 11.6. The normalized spacial score (nSPS) is 15.0. The number of nitrogens with zero attached hydrogens (tertiary/aromatic N) is 4. The number of phenolic OH excluding ortho intramolecular Hbond substituents is 2. The molecule has 0 bridgehead atoms. The molecule has 0 radical (unpaired) electrons. The predicted molar refractivity (Wildman–Crippen MR) is 86.0 cm³/mol. The Bertz CT molecular complexity index is 750. The van der Waals surface area contributed by atoms with Crippen LogP contribution in [0.25, 0.3) is 0 Å². The van der Waals surface area contributed by atoms with Crippen molar-refractivity contribution in [1.29, 1.82) is 0 Å². The highest BCUT2D eigenvalue weighted by Gasteiger charge is 2.17. The molecule has 0 amide bonds. The zero-order chi connectivity index (χ0) is 16.9. The van der Waals surface area contributed by atoms with Crippen molar-refractivity contribution in [2.75, 3.05) is 36.6 Å². The average molecular weight is 333 g/mol. The molecule has 1 aliphatic rings. The lowest BCUT2D eigenvalue weighted by Crippen LogP contribution is -2.37. The molecule has 24 heavy (non-hydrogen) atoms. The minimum atomic E-state index is -0.511. The average Bonchev–Trinajstić information content (AvgIpc) is 2.59. The van der Waals surface area contributed by atoms with E-state index in [1.807, 2.05) is 0 Å². The molecule has 0 spiro atoms. The largest absolute Gasteiger partial charge is 0.508 e. The highest BCUT2D eigenvalue weighted by atomic mass is 19.1. The van der Waals surface area contributed by atoms with Gasteiger partial charge >= 0.3 is 0 Å². The maximum atomic E-state index is 13.9. The molecule has 1 saturated heterocycles. The number of hydrogen-bond acceptors (Lipinski definition) is 8. The molecule has 3 rings (SSSR count). The molecule has 9 heteroatoms. The van der Waals surface area contributed by atoms with E-state index in [2.05, 4.69) is 20.5 Å². The summed E-state index contributed by atoms with van der Waals surface area (Å²) in [7, 11) is 0. The van der Waals surface area contributed by atoms with Crippen LogP contribution in [0.2, 0.25) is 0 Å². The van der Waals surface area contributed by atoms with Crippen LogP contribution in [-0.4, -0.2) is 52.7 Å². The van der Waals surface area contributed by atoms with E-state index in [1.165, 1.54) is 24.4 Å². The zero-order valence-electron chi connectivity index (χ0n) is 12.7. The van der Waals surface area contributed by atoms with E-state index in [1.54, 1.807) is 4.90 Å². The van der Waals surface area contributed by atoms with Gasteiger partial charge in [-0.25, -0.2) is 14.8 Å². The van der Waals surface area contributed by atoms with Crippen LogP contribution in [0, 0.1) is 5.82 Å². The maximum absolute atomic E-state index is 13.9. The van der Waals surface area contributed by atoms with Crippen molar-refractivity contribution in [2.24, 2.45) is 5.10 Å². The summed E-state index contributed by atoms with van der Waals surface area (Å²) in [6.45, 7) is 2.14. The number of anilines is 2. The molecule has 126 valence electrons. The molecule has 0 unspecified atom stereocenters. The fourth-order valence-electron chi connectivity index (χ4n) is 2.21. The van der Waals surface area contributed by atoms with Crippen molar-refractivity contribution in [1.82, 2.24) is 9.97 Å². The smallest absolute Gasteiger partial charge is 0.245 e. The summed E-state index contributed by atoms with van der Waals surface area (Å²) in [4.78, 5) is 9.73. The Morgan fingerprint density at radius 3 is 2.83 bits per heavy atom. The van der Waals surface area contributed by atoms with Gasteiger partial charge in [0.15, 0.2) is 11.6 Å². The molecule has 2 aromatic rings. The van der Waals surface area contributed by atoms with Crippen molar-refractivity contribution in [2.45, 2.75) is 0 Å². The van der Waals surface area contributed by atoms with Crippen LogP contribution in [0.4, 0.5) is 16.2 Å². The van der Waals surface area contributed by atoms with E-state index in [0.29, 0.717) is 31.9 Å². The number of benzene rings is 1. The van der Waals surface area contributed by atoms with E-state index in [4.69, 9.17) is 4.74 Å². The topological polar surface area (TPSA) is 103 Å². The second kappa shape index (κ2) is 7.09. The lowest BCUT2D eigenvalue weighted by atomic mass is 10.2. The number of morpholine rings is 1. The second-order valence-corrected chi connectivity index (χ2v) is 5.08. The van der Waals surface area contributed by atoms with E-state index < -0.39 is 5.82 Å². The lowest BCUT2D eigenvalue weighted by Gasteiger charge is -2.27. The van der Waals surface area contributed by atoms with E-state index >= 15 is 0 Å². The van der Waals surface area contributed by atoms with Crippen molar-refractivity contribution in [3.63, 3.8) is 0 Å². The SMILES string of the molecule is Oc1ccc(C=NNc2ncc(F)c(N3CCOCC3)n2)c(O)c1. The van der Waals surface area contributed by atoms with Crippen LogP contribution >= 0.6 is 0 Å². The third-order valence-corrected chi connectivity index (χ3v) is 3.42. The van der Waals surface area contributed by atoms with Crippen LogP contribution in [0.1, 0.15) is 5.56 Å². The Labute approximate surface area is 137 Å². The van der Waals surface area contributed by atoms with Crippen LogP contribution in [0.15, 0.2) is 29.5 Å². The molecule has 0 saturated carbocycles. The van der Waals surface area contributed by atoms with E-state index in [0.717, 1.165) is 6.20 Å². The molecule has 1 aromatic heterocycles. The number of rotatable bonds is 4. The summed E-state index contributed by atoms with van der Waals surface area (Å²) in [6, 6.07) is 4.12. The number of aromatic nitrogens is 2. The minimum absolute atomic E-state index is 0.0466. The van der Waals surface area contributed by atoms with E-state index in [-0.39, 0.29) is 23.3 Å². The number of hydrogen-bond donors (Lipinski definition) is 3. The summed E-state index contributed by atoms with van der Waals surface area (Å²) in [5, 5.41) is 22.8. The monoisotopic (exact) mass is 333 g/mol. The first-order valence-corrected chi connectivity index (χ1v) is 7.30. The molecule has 2 heterocycles. The van der Waals surface area contributed by atoms with Gasteiger partial charge in [0.1, 0.15) is 11.5 Å². The molecule has 1 fully saturated rings. The summed E-state index contributed by atoms with van der Waals surface area (Å²) >= 11 is 0. The quantitative estimate of drug-likeness (QED) is 0.572. The Hall–Kier alpha value is -2.94. The van der Waals surface area contributed by atoms with Gasteiger partial charge in [-0.15, -0.1) is 0 Å². The maximum Gasteiger partial charge on any atom is 0.245 e. The van der Waals surface area contributed by atoms with Crippen LogP contribution in [0.3, 0.4) is 0 Å². The van der Waals surface area contributed by atoms with Gasteiger partial charge in [-0.05, 0) is 12.1 Å². The van der Waals surface area contributed by atoms with Crippen LogP contribution in [0.5, 0.6) is 11.5 Å². The van der Waals surface area contributed by atoms with Gasteiger partial charge in [-0.1, -0.05) is 0 Å². The van der Waals surface area contributed by atoms with Gasteiger partial charge in [-0.2, -0.15) is 10.1 Å². The predicted octanol–water partition coefficient (Wildman–Crippen LogP) is 1.31. The summed E-state index contributed by atoms with van der Waals surface area (Å²) in [5.41, 5.74) is 2.99. The minimum Gasteiger partial charge on any atom is -0.508 e. The fourth-order valence-corrected chi connectivity index (χ4v) is 2.21. The Balaban J connectivity index is 1.72. The van der Waals surface area contributed by atoms with Gasteiger partial charge in [0.05, 0.1) is 25.6 Å². The van der Waals surface area contributed by atoms with Crippen molar-refractivity contribution in [3.8, 4) is 11.5 Å². The second-order valence-electron chi connectivity index (χ2n) is 5.08. The first kappa shape index (κ1) is 15.9. The summed E-state index contributed by atoms with van der Waals surface area (Å²) < 4.78 is 19.1. The zero-order valence-corrected chi connectivity index (χ0v) is 12.7. The third-order valence-electron chi connectivity index (χ3n) is 3.42. The fraction of sp³-hybridized carbons (Fsp3) is 0.267.